The van der Waals surface area contributed by atoms with Gasteiger partial charge in [-0.15, -0.1) is 0 Å². The zero-order valence-electron chi connectivity index (χ0n) is 13.4. The Morgan fingerprint density at radius 3 is 2.70 bits per heavy atom. The molecule has 0 spiro atoms. The quantitative estimate of drug-likeness (QED) is 0.758. The molecule has 0 saturated carbocycles. The lowest BCUT2D eigenvalue weighted by atomic mass is 10.1. The van der Waals surface area contributed by atoms with E-state index >= 15 is 0 Å². The van der Waals surface area contributed by atoms with E-state index in [2.05, 4.69) is 33.4 Å². The lowest BCUT2D eigenvalue weighted by Gasteiger charge is -2.15. The Labute approximate surface area is 136 Å². The van der Waals surface area contributed by atoms with Crippen molar-refractivity contribution in [1.29, 1.82) is 0 Å². The molecule has 0 aliphatic heterocycles. The number of hydrogen-bond donors (Lipinski definition) is 2. The maximum absolute atomic E-state index is 12.1. The number of fused-ring (bicyclic) bond motifs is 1. The average Bonchev–Trinajstić information content (AvgIpc) is 2.94. The van der Waals surface area contributed by atoms with Crippen molar-refractivity contribution >= 4 is 22.5 Å². The third-order valence-electron chi connectivity index (χ3n) is 4.02. The molecule has 3 aromatic rings. The highest BCUT2D eigenvalue weighted by molar-refractivity contribution is 5.85. The van der Waals surface area contributed by atoms with Crippen molar-refractivity contribution < 1.29 is 4.79 Å². The van der Waals surface area contributed by atoms with Crippen molar-refractivity contribution in [2.75, 3.05) is 11.9 Å². The third-order valence-corrected chi connectivity index (χ3v) is 4.02. The van der Waals surface area contributed by atoms with E-state index in [4.69, 9.17) is 0 Å². The fraction of sp³-hybridized carbons (Fsp3) is 0.211. The first-order valence-corrected chi connectivity index (χ1v) is 7.77. The van der Waals surface area contributed by atoms with Crippen LogP contribution in [0.1, 0.15) is 18.5 Å². The first-order chi connectivity index (χ1) is 11.1. The van der Waals surface area contributed by atoms with Crippen LogP contribution in [0.3, 0.4) is 0 Å². The van der Waals surface area contributed by atoms with Crippen LogP contribution in [0.15, 0.2) is 60.8 Å². The minimum Gasteiger partial charge on any atom is -0.376 e. The molecule has 3 rings (SSSR count). The molecule has 0 aliphatic carbocycles. The van der Waals surface area contributed by atoms with Crippen molar-refractivity contribution in [2.45, 2.75) is 13.0 Å². The van der Waals surface area contributed by atoms with Gasteiger partial charge in [-0.2, -0.15) is 0 Å². The third kappa shape index (κ3) is 3.54. The van der Waals surface area contributed by atoms with Gasteiger partial charge in [-0.3, -0.25) is 4.79 Å². The summed E-state index contributed by atoms with van der Waals surface area (Å²) >= 11 is 0. The predicted molar refractivity (Wildman–Crippen MR) is 94.4 cm³/mol. The largest absolute Gasteiger partial charge is 0.376 e. The lowest BCUT2D eigenvalue weighted by molar-refractivity contribution is -0.120. The van der Waals surface area contributed by atoms with Crippen LogP contribution in [0.5, 0.6) is 0 Å². The standard InChI is InChI=1S/C19H21N3O/c1-14(15-6-4-3-5-7-15)21-19(23)13-20-17-9-8-16-10-11-22(2)18(16)12-17/h3-12,14,20H,13H2,1-2H3,(H,21,23)/t14-/m1/s1. The summed E-state index contributed by atoms with van der Waals surface area (Å²) in [5.74, 6) is -0.0201. The number of nitrogens with one attached hydrogen (secondary N) is 2. The topological polar surface area (TPSA) is 46.1 Å². The van der Waals surface area contributed by atoms with Crippen LogP contribution in [-0.2, 0) is 11.8 Å². The Morgan fingerprint density at radius 2 is 1.91 bits per heavy atom. The van der Waals surface area contributed by atoms with Gasteiger partial charge in [-0.05, 0) is 36.1 Å². The predicted octanol–water partition coefficient (Wildman–Crippen LogP) is 3.47. The maximum atomic E-state index is 12.1. The van der Waals surface area contributed by atoms with Gasteiger partial charge in [0, 0.05) is 24.4 Å². The molecule has 2 aromatic carbocycles. The monoisotopic (exact) mass is 307 g/mol. The summed E-state index contributed by atoms with van der Waals surface area (Å²) in [6.45, 7) is 2.25. The Kier molecular flexibility index (Phi) is 4.33. The van der Waals surface area contributed by atoms with Gasteiger partial charge in [0.2, 0.25) is 5.91 Å². The molecule has 2 N–H and O–H groups in total. The van der Waals surface area contributed by atoms with Crippen LogP contribution in [0.4, 0.5) is 5.69 Å². The number of benzene rings is 2. The first kappa shape index (κ1) is 15.2. The van der Waals surface area contributed by atoms with Gasteiger partial charge in [0.15, 0.2) is 0 Å². The van der Waals surface area contributed by atoms with Crippen molar-refractivity contribution in [3.05, 3.63) is 66.4 Å². The van der Waals surface area contributed by atoms with E-state index < -0.39 is 0 Å². The average molecular weight is 307 g/mol. The molecule has 0 unspecified atom stereocenters. The van der Waals surface area contributed by atoms with E-state index in [-0.39, 0.29) is 18.5 Å². The highest BCUT2D eigenvalue weighted by Crippen LogP contribution is 2.19. The number of aromatic nitrogens is 1. The fourth-order valence-corrected chi connectivity index (χ4v) is 2.67. The summed E-state index contributed by atoms with van der Waals surface area (Å²) in [5, 5.41) is 7.38. The lowest BCUT2D eigenvalue weighted by Crippen LogP contribution is -2.32. The summed E-state index contributed by atoms with van der Waals surface area (Å²) in [7, 11) is 2.01. The smallest absolute Gasteiger partial charge is 0.239 e. The molecule has 1 heterocycles. The molecule has 1 atom stereocenters. The van der Waals surface area contributed by atoms with Crippen molar-refractivity contribution in [1.82, 2.24) is 9.88 Å². The molecule has 0 fully saturated rings. The normalized spacial score (nSPS) is 12.1. The highest BCUT2D eigenvalue weighted by atomic mass is 16.1. The molecule has 0 bridgehead atoms. The van der Waals surface area contributed by atoms with E-state index in [1.54, 1.807) is 0 Å². The van der Waals surface area contributed by atoms with E-state index in [1.807, 2.05) is 56.6 Å². The molecule has 0 saturated heterocycles. The van der Waals surface area contributed by atoms with Crippen molar-refractivity contribution in [3.8, 4) is 0 Å². The van der Waals surface area contributed by atoms with Crippen LogP contribution < -0.4 is 10.6 Å². The van der Waals surface area contributed by atoms with Gasteiger partial charge in [0.1, 0.15) is 0 Å². The van der Waals surface area contributed by atoms with E-state index in [1.165, 1.54) is 5.39 Å². The summed E-state index contributed by atoms with van der Waals surface area (Å²) in [6.07, 6.45) is 2.03. The summed E-state index contributed by atoms with van der Waals surface area (Å²) in [5.41, 5.74) is 3.20. The molecular formula is C19H21N3O. The second-order valence-electron chi connectivity index (χ2n) is 5.75. The van der Waals surface area contributed by atoms with Gasteiger partial charge in [0.25, 0.3) is 0 Å². The minimum atomic E-state index is -0.0201. The maximum Gasteiger partial charge on any atom is 0.239 e. The molecule has 1 aromatic heterocycles. The van der Waals surface area contributed by atoms with Gasteiger partial charge in [0.05, 0.1) is 12.6 Å². The SMILES string of the molecule is C[C@@H](NC(=O)CNc1ccc2ccn(C)c2c1)c1ccccc1. The summed E-state index contributed by atoms with van der Waals surface area (Å²) in [6, 6.07) is 18.1. The zero-order chi connectivity index (χ0) is 16.2. The van der Waals surface area contributed by atoms with Gasteiger partial charge >= 0.3 is 0 Å². The van der Waals surface area contributed by atoms with Crippen LogP contribution in [0.2, 0.25) is 0 Å². The van der Waals surface area contributed by atoms with Crippen LogP contribution in [-0.4, -0.2) is 17.0 Å². The number of carbonyl (C=O) groups is 1. The molecule has 0 radical (unpaired) electrons. The second-order valence-corrected chi connectivity index (χ2v) is 5.75. The van der Waals surface area contributed by atoms with Crippen molar-refractivity contribution in [3.63, 3.8) is 0 Å². The molecule has 118 valence electrons. The number of carbonyl (C=O) groups excluding carboxylic acids is 1. The number of amides is 1. The van der Waals surface area contributed by atoms with Gasteiger partial charge in [-0.25, -0.2) is 0 Å². The number of rotatable bonds is 5. The van der Waals surface area contributed by atoms with Crippen LogP contribution in [0, 0.1) is 0 Å². The molecule has 23 heavy (non-hydrogen) atoms. The van der Waals surface area contributed by atoms with Crippen molar-refractivity contribution in [2.24, 2.45) is 7.05 Å². The van der Waals surface area contributed by atoms with E-state index in [0.717, 1.165) is 16.8 Å². The summed E-state index contributed by atoms with van der Waals surface area (Å²) < 4.78 is 2.07. The molecular weight excluding hydrogens is 286 g/mol. The summed E-state index contributed by atoms with van der Waals surface area (Å²) in [4.78, 5) is 12.1. The minimum absolute atomic E-state index is 0.000791. The molecule has 1 amide bonds. The van der Waals surface area contributed by atoms with Gasteiger partial charge < -0.3 is 15.2 Å². The van der Waals surface area contributed by atoms with E-state index in [9.17, 15) is 4.79 Å². The molecule has 4 nitrogen and oxygen atoms in total. The second kappa shape index (κ2) is 6.57. The molecule has 4 heteroatoms. The molecule has 0 aliphatic rings. The zero-order valence-corrected chi connectivity index (χ0v) is 13.4. The highest BCUT2D eigenvalue weighted by Gasteiger charge is 2.09. The number of hydrogen-bond acceptors (Lipinski definition) is 2. The Morgan fingerprint density at radius 1 is 1.13 bits per heavy atom. The Balaban J connectivity index is 1.58. The Hall–Kier alpha value is -2.75. The van der Waals surface area contributed by atoms with Gasteiger partial charge in [-0.1, -0.05) is 36.4 Å². The number of anilines is 1. The number of nitrogens with zero attached hydrogens (tertiary/aromatic N) is 1. The number of aryl methyl sites for hydroxylation is 1. The first-order valence-electron chi connectivity index (χ1n) is 7.77. The Bertz CT molecular complexity index is 808. The van der Waals surface area contributed by atoms with Crippen LogP contribution >= 0.6 is 0 Å². The fourth-order valence-electron chi connectivity index (χ4n) is 2.67. The van der Waals surface area contributed by atoms with E-state index in [0.29, 0.717) is 0 Å². The van der Waals surface area contributed by atoms with Crippen LogP contribution in [0.25, 0.3) is 10.9 Å².